The third-order valence-electron chi connectivity index (χ3n) is 6.26. The van der Waals surface area contributed by atoms with Crippen LogP contribution in [0.15, 0.2) is 72.8 Å². The zero-order valence-electron chi connectivity index (χ0n) is 22.3. The Morgan fingerprint density at radius 3 is 1.97 bits per heavy atom. The first-order valence-corrected chi connectivity index (χ1v) is 12.3. The van der Waals surface area contributed by atoms with E-state index in [-0.39, 0.29) is 11.3 Å². The molecule has 39 heavy (non-hydrogen) atoms. The highest BCUT2D eigenvalue weighted by molar-refractivity contribution is 6.07. The third kappa shape index (κ3) is 6.45. The van der Waals surface area contributed by atoms with E-state index in [1.807, 2.05) is 60.7 Å². The van der Waals surface area contributed by atoms with Crippen molar-refractivity contribution in [2.45, 2.75) is 6.04 Å². The van der Waals surface area contributed by atoms with Crippen molar-refractivity contribution in [1.29, 1.82) is 0 Å². The summed E-state index contributed by atoms with van der Waals surface area (Å²) in [6.07, 6.45) is 0. The molecule has 9 heteroatoms. The number of carbonyl (C=O) groups is 2. The zero-order chi connectivity index (χ0) is 27.8. The Hall–Kier alpha value is -4.63. The van der Waals surface area contributed by atoms with Crippen LogP contribution < -0.4 is 20.1 Å². The number of benzene rings is 3. The number of fused-ring (bicyclic) bond motifs is 1. The minimum atomic E-state index is -0.563. The molecule has 3 aromatic carbocycles. The number of esters is 1. The van der Waals surface area contributed by atoms with Gasteiger partial charge in [-0.05, 0) is 59.7 Å². The number of aromatic nitrogens is 1. The second-order valence-corrected chi connectivity index (χ2v) is 8.65. The lowest BCUT2D eigenvalue weighted by molar-refractivity contribution is 0.0603. The molecule has 9 nitrogen and oxygen atoms in total. The fourth-order valence-electron chi connectivity index (χ4n) is 4.19. The monoisotopic (exact) mass is 529 g/mol. The Balaban J connectivity index is 1.71. The van der Waals surface area contributed by atoms with Gasteiger partial charge in [-0.1, -0.05) is 24.3 Å². The van der Waals surface area contributed by atoms with Crippen LogP contribution in [0, 0.1) is 0 Å². The quantitative estimate of drug-likeness (QED) is 0.214. The largest absolute Gasteiger partial charge is 0.497 e. The second-order valence-electron chi connectivity index (χ2n) is 8.65. The number of carbonyl (C=O) groups excluding carboxylic acids is 2. The number of hydrogen-bond acceptors (Lipinski definition) is 8. The van der Waals surface area contributed by atoms with Gasteiger partial charge in [0.25, 0.3) is 5.91 Å². The molecule has 0 radical (unpaired) electrons. The summed E-state index contributed by atoms with van der Waals surface area (Å²) in [6, 6.07) is 21.3. The number of methoxy groups -OCH3 is 4. The topological polar surface area (TPSA) is 108 Å². The van der Waals surface area contributed by atoms with Crippen molar-refractivity contribution >= 4 is 28.5 Å². The average Bonchev–Trinajstić information content (AvgIpc) is 2.99. The van der Waals surface area contributed by atoms with Crippen molar-refractivity contribution in [3.8, 4) is 11.5 Å². The van der Waals surface area contributed by atoms with E-state index in [1.54, 1.807) is 27.4 Å². The van der Waals surface area contributed by atoms with Gasteiger partial charge in [0.2, 0.25) is 0 Å². The number of amides is 1. The van der Waals surface area contributed by atoms with Crippen LogP contribution >= 0.6 is 0 Å². The number of hydrogen-bond donors (Lipinski definition) is 2. The molecule has 1 heterocycles. The molecule has 2 N–H and O–H groups in total. The summed E-state index contributed by atoms with van der Waals surface area (Å²) in [5.74, 6) is 0.399. The van der Waals surface area contributed by atoms with Crippen LogP contribution in [-0.4, -0.2) is 58.5 Å². The second kappa shape index (κ2) is 12.7. The Bertz CT molecular complexity index is 1390. The van der Waals surface area contributed by atoms with Crippen LogP contribution in [0.25, 0.3) is 10.9 Å². The number of nitrogens with one attached hydrogen (secondary N) is 2. The summed E-state index contributed by atoms with van der Waals surface area (Å²) in [4.78, 5) is 30.9. The summed E-state index contributed by atoms with van der Waals surface area (Å²) in [6.45, 7) is 1.13. The van der Waals surface area contributed by atoms with E-state index >= 15 is 0 Å². The molecule has 1 amide bonds. The highest BCUT2D eigenvalue weighted by Crippen LogP contribution is 2.28. The summed E-state index contributed by atoms with van der Waals surface area (Å²) in [5, 5.41) is 6.88. The molecule has 4 rings (SSSR count). The van der Waals surface area contributed by atoms with Gasteiger partial charge in [0.15, 0.2) is 0 Å². The first kappa shape index (κ1) is 27.4. The summed E-state index contributed by atoms with van der Waals surface area (Å²) < 4.78 is 20.7. The summed E-state index contributed by atoms with van der Waals surface area (Å²) >= 11 is 0. The van der Waals surface area contributed by atoms with E-state index in [4.69, 9.17) is 18.9 Å². The van der Waals surface area contributed by atoms with Crippen molar-refractivity contribution in [2.24, 2.45) is 0 Å². The summed E-state index contributed by atoms with van der Waals surface area (Å²) in [7, 11) is 6.13. The molecule has 0 aliphatic heterocycles. The molecule has 0 aliphatic rings. The minimum Gasteiger partial charge on any atom is -0.497 e. The molecular formula is C30H31N3O6. The number of rotatable bonds is 11. The maximum atomic E-state index is 13.6. The lowest BCUT2D eigenvalue weighted by Crippen LogP contribution is -2.30. The molecule has 0 fully saturated rings. The molecule has 0 unspecified atom stereocenters. The molecule has 202 valence electrons. The highest BCUT2D eigenvalue weighted by atomic mass is 16.5. The van der Waals surface area contributed by atoms with E-state index in [0.717, 1.165) is 16.8 Å². The number of pyridine rings is 1. The van der Waals surface area contributed by atoms with Gasteiger partial charge in [-0.3, -0.25) is 4.79 Å². The van der Waals surface area contributed by atoms with Crippen molar-refractivity contribution in [3.63, 3.8) is 0 Å². The molecule has 0 atom stereocenters. The molecule has 0 aliphatic carbocycles. The van der Waals surface area contributed by atoms with Gasteiger partial charge in [-0.25, -0.2) is 9.78 Å². The van der Waals surface area contributed by atoms with E-state index in [2.05, 4.69) is 15.6 Å². The van der Waals surface area contributed by atoms with Crippen LogP contribution in [0.1, 0.15) is 38.0 Å². The van der Waals surface area contributed by atoms with Crippen LogP contribution in [0.2, 0.25) is 0 Å². The van der Waals surface area contributed by atoms with E-state index in [0.29, 0.717) is 35.6 Å². The van der Waals surface area contributed by atoms with Gasteiger partial charge >= 0.3 is 5.97 Å². The molecule has 0 spiro atoms. The SMILES string of the molecule is COCCNc1ccc2nc(C(=O)NC(c3ccc(OC)cc3)c3ccc(OC)cc3)cc(C(=O)OC)c2c1. The van der Waals surface area contributed by atoms with Crippen LogP contribution in [-0.2, 0) is 9.47 Å². The van der Waals surface area contributed by atoms with Crippen molar-refractivity contribution in [3.05, 3.63) is 95.2 Å². The van der Waals surface area contributed by atoms with E-state index < -0.39 is 17.9 Å². The highest BCUT2D eigenvalue weighted by Gasteiger charge is 2.22. The Morgan fingerprint density at radius 1 is 0.821 bits per heavy atom. The Kier molecular flexibility index (Phi) is 8.96. The predicted octanol–water partition coefficient (Wildman–Crippen LogP) is 4.62. The van der Waals surface area contributed by atoms with Crippen molar-refractivity contribution < 1.29 is 28.5 Å². The maximum Gasteiger partial charge on any atom is 0.338 e. The molecule has 0 saturated heterocycles. The average molecular weight is 530 g/mol. The van der Waals surface area contributed by atoms with Gasteiger partial charge in [0.05, 0.1) is 45.1 Å². The van der Waals surface area contributed by atoms with Crippen molar-refractivity contribution in [2.75, 3.05) is 46.9 Å². The summed E-state index contributed by atoms with van der Waals surface area (Å²) in [5.41, 5.74) is 3.31. The lowest BCUT2D eigenvalue weighted by Gasteiger charge is -2.21. The standard InChI is InChI=1S/C30H31N3O6/c1-36-16-15-31-21-9-14-26-24(17-21)25(30(35)39-4)18-27(32-26)29(34)33-28(19-5-10-22(37-2)11-6-19)20-7-12-23(38-3)13-8-20/h5-14,17-18,28,31H,15-16H2,1-4H3,(H,33,34). The molecular weight excluding hydrogens is 498 g/mol. The van der Waals surface area contributed by atoms with Crippen LogP contribution in [0.3, 0.4) is 0 Å². The zero-order valence-corrected chi connectivity index (χ0v) is 22.3. The predicted molar refractivity (Wildman–Crippen MR) is 149 cm³/mol. The number of nitrogens with zero attached hydrogens (tertiary/aromatic N) is 1. The van der Waals surface area contributed by atoms with Gasteiger partial charge in [-0.2, -0.15) is 0 Å². The van der Waals surface area contributed by atoms with Gasteiger partial charge in [0, 0.05) is 24.7 Å². The lowest BCUT2D eigenvalue weighted by atomic mass is 9.98. The van der Waals surface area contributed by atoms with Crippen molar-refractivity contribution in [1.82, 2.24) is 10.3 Å². The van der Waals surface area contributed by atoms with E-state index in [9.17, 15) is 9.59 Å². The van der Waals surface area contributed by atoms with Crippen LogP contribution in [0.4, 0.5) is 5.69 Å². The first-order chi connectivity index (χ1) is 19.0. The molecule has 4 aromatic rings. The number of anilines is 1. The first-order valence-electron chi connectivity index (χ1n) is 12.3. The molecule has 1 aromatic heterocycles. The smallest absolute Gasteiger partial charge is 0.338 e. The third-order valence-corrected chi connectivity index (χ3v) is 6.26. The maximum absolute atomic E-state index is 13.6. The fourth-order valence-corrected chi connectivity index (χ4v) is 4.19. The van der Waals surface area contributed by atoms with Gasteiger partial charge < -0.3 is 29.6 Å². The number of ether oxygens (including phenoxy) is 4. The molecule has 0 bridgehead atoms. The molecule has 0 saturated carbocycles. The van der Waals surface area contributed by atoms with Gasteiger partial charge in [-0.15, -0.1) is 0 Å². The Morgan fingerprint density at radius 2 is 1.44 bits per heavy atom. The normalized spacial score (nSPS) is 10.8. The van der Waals surface area contributed by atoms with Crippen LogP contribution in [0.5, 0.6) is 11.5 Å². The minimum absolute atomic E-state index is 0.0926. The fraction of sp³-hybridized carbons (Fsp3) is 0.233. The Labute approximate surface area is 227 Å². The van der Waals surface area contributed by atoms with Gasteiger partial charge in [0.1, 0.15) is 17.2 Å². The van der Waals surface area contributed by atoms with E-state index in [1.165, 1.54) is 13.2 Å².